The Morgan fingerprint density at radius 1 is 1.43 bits per heavy atom. The molecule has 1 fully saturated rings. The van der Waals surface area contributed by atoms with Gasteiger partial charge >= 0.3 is 0 Å². The first kappa shape index (κ1) is 9.34. The Morgan fingerprint density at radius 2 is 2.21 bits per heavy atom. The largest absolute Gasteiger partial charge is 0.497 e. The average molecular weight is 192 g/mol. The Kier molecular flexibility index (Phi) is 2.59. The molecule has 0 atom stereocenters. The van der Waals surface area contributed by atoms with Gasteiger partial charge in [-0.1, -0.05) is 6.07 Å². The first-order valence-electron chi connectivity index (χ1n) is 4.89. The molecule has 2 rings (SSSR count). The van der Waals surface area contributed by atoms with Gasteiger partial charge in [-0.2, -0.15) is 0 Å². The summed E-state index contributed by atoms with van der Waals surface area (Å²) in [7, 11) is 3.82. The van der Waals surface area contributed by atoms with Crippen molar-refractivity contribution in [2.24, 2.45) is 0 Å². The molecule has 0 aliphatic carbocycles. The van der Waals surface area contributed by atoms with Crippen molar-refractivity contribution in [3.63, 3.8) is 0 Å². The molecule has 0 saturated carbocycles. The normalized spacial score (nSPS) is 16.1. The van der Waals surface area contributed by atoms with Gasteiger partial charge in [0.2, 0.25) is 0 Å². The highest BCUT2D eigenvalue weighted by atomic mass is 16.5. The van der Waals surface area contributed by atoms with Crippen LogP contribution in [0.25, 0.3) is 0 Å². The molecule has 1 aromatic carbocycles. The number of hydrogen-bond donors (Lipinski definition) is 1. The number of anilines is 1. The number of rotatable bonds is 3. The molecule has 0 amide bonds. The van der Waals surface area contributed by atoms with Crippen molar-refractivity contribution in [3.05, 3.63) is 24.3 Å². The Labute approximate surface area is 84.7 Å². The van der Waals surface area contributed by atoms with Crippen LogP contribution in [0.5, 0.6) is 5.75 Å². The molecule has 14 heavy (non-hydrogen) atoms. The van der Waals surface area contributed by atoms with Crippen LogP contribution in [0, 0.1) is 0 Å². The van der Waals surface area contributed by atoms with Crippen molar-refractivity contribution >= 4 is 5.69 Å². The average Bonchev–Trinajstić information content (AvgIpc) is 2.15. The molecular formula is C11H16N2O. The third kappa shape index (κ3) is 1.68. The van der Waals surface area contributed by atoms with Crippen molar-refractivity contribution in [3.8, 4) is 5.75 Å². The topological polar surface area (TPSA) is 24.5 Å². The van der Waals surface area contributed by atoms with E-state index in [1.807, 2.05) is 12.1 Å². The highest BCUT2D eigenvalue weighted by molar-refractivity contribution is 5.51. The summed E-state index contributed by atoms with van der Waals surface area (Å²) >= 11 is 0. The fourth-order valence-electron chi connectivity index (χ4n) is 1.59. The Balaban J connectivity index is 2.13. The van der Waals surface area contributed by atoms with Gasteiger partial charge in [0.1, 0.15) is 5.75 Å². The van der Waals surface area contributed by atoms with Crippen LogP contribution < -0.4 is 15.0 Å². The van der Waals surface area contributed by atoms with Crippen LogP contribution in [-0.4, -0.2) is 33.3 Å². The molecule has 0 aromatic heterocycles. The molecular weight excluding hydrogens is 176 g/mol. The van der Waals surface area contributed by atoms with Crippen molar-refractivity contribution in [2.75, 3.05) is 32.1 Å². The minimum Gasteiger partial charge on any atom is -0.497 e. The van der Waals surface area contributed by atoms with Crippen LogP contribution in [0.2, 0.25) is 0 Å². The molecule has 1 aliphatic heterocycles. The fourth-order valence-corrected chi connectivity index (χ4v) is 1.59. The molecule has 1 saturated heterocycles. The van der Waals surface area contributed by atoms with Crippen molar-refractivity contribution < 1.29 is 4.74 Å². The van der Waals surface area contributed by atoms with Gasteiger partial charge in [0.15, 0.2) is 0 Å². The van der Waals surface area contributed by atoms with E-state index in [1.54, 1.807) is 7.11 Å². The lowest BCUT2D eigenvalue weighted by molar-refractivity contribution is 0.412. The number of nitrogens with zero attached hydrogens (tertiary/aromatic N) is 1. The maximum atomic E-state index is 5.19. The van der Waals surface area contributed by atoms with Crippen molar-refractivity contribution in [2.45, 2.75) is 6.04 Å². The number of ether oxygens (including phenoxy) is 1. The number of likely N-dealkylation sites (N-methyl/N-ethyl adjacent to an activating group) is 1. The number of nitrogens with one attached hydrogen (secondary N) is 1. The van der Waals surface area contributed by atoms with Crippen LogP contribution >= 0.6 is 0 Å². The summed E-state index contributed by atoms with van der Waals surface area (Å²) in [5.41, 5.74) is 1.22. The highest BCUT2D eigenvalue weighted by Crippen LogP contribution is 2.22. The summed E-state index contributed by atoms with van der Waals surface area (Å²) in [6.07, 6.45) is 0. The predicted molar refractivity (Wildman–Crippen MR) is 58.1 cm³/mol. The quantitative estimate of drug-likeness (QED) is 0.776. The lowest BCUT2D eigenvalue weighted by atomic mass is 10.1. The summed E-state index contributed by atoms with van der Waals surface area (Å²) in [5, 5.41) is 3.27. The third-order valence-corrected chi connectivity index (χ3v) is 2.77. The Hall–Kier alpha value is -1.22. The maximum Gasteiger partial charge on any atom is 0.120 e. The van der Waals surface area contributed by atoms with Gasteiger partial charge in [-0.3, -0.25) is 0 Å². The number of benzene rings is 1. The van der Waals surface area contributed by atoms with E-state index in [4.69, 9.17) is 4.74 Å². The second-order valence-corrected chi connectivity index (χ2v) is 3.62. The second kappa shape index (κ2) is 3.88. The molecule has 0 radical (unpaired) electrons. The van der Waals surface area contributed by atoms with Gasteiger partial charge in [-0.25, -0.2) is 0 Å². The zero-order chi connectivity index (χ0) is 9.97. The summed E-state index contributed by atoms with van der Waals surface area (Å²) < 4.78 is 5.19. The van der Waals surface area contributed by atoms with Crippen molar-refractivity contribution in [1.82, 2.24) is 5.32 Å². The smallest absolute Gasteiger partial charge is 0.120 e. The fraction of sp³-hybridized carbons (Fsp3) is 0.455. The molecule has 1 heterocycles. The van der Waals surface area contributed by atoms with Crippen LogP contribution in [-0.2, 0) is 0 Å². The van der Waals surface area contributed by atoms with Gasteiger partial charge in [0, 0.05) is 31.9 Å². The zero-order valence-electron chi connectivity index (χ0n) is 8.66. The molecule has 3 heteroatoms. The molecule has 1 N–H and O–H groups in total. The predicted octanol–water partition coefficient (Wildman–Crippen LogP) is 1.10. The minimum atomic E-state index is 0.627. The van der Waals surface area contributed by atoms with Crippen molar-refractivity contribution in [1.29, 1.82) is 0 Å². The molecule has 0 spiro atoms. The third-order valence-electron chi connectivity index (χ3n) is 2.77. The van der Waals surface area contributed by atoms with Crippen LogP contribution in [0.15, 0.2) is 24.3 Å². The summed E-state index contributed by atoms with van der Waals surface area (Å²) in [4.78, 5) is 2.29. The van der Waals surface area contributed by atoms with E-state index >= 15 is 0 Å². The Morgan fingerprint density at radius 3 is 2.79 bits per heavy atom. The Bertz CT molecular complexity index is 310. The molecule has 76 valence electrons. The summed E-state index contributed by atoms with van der Waals surface area (Å²) in [5.74, 6) is 0.918. The van der Waals surface area contributed by atoms with Crippen LogP contribution in [0.3, 0.4) is 0 Å². The number of methoxy groups -OCH3 is 1. The second-order valence-electron chi connectivity index (χ2n) is 3.62. The molecule has 1 aliphatic rings. The standard InChI is InChI=1S/C11H16N2O/c1-13(10-7-12-8-10)9-4-3-5-11(6-9)14-2/h3-6,10,12H,7-8H2,1-2H3. The van der Waals surface area contributed by atoms with E-state index in [9.17, 15) is 0 Å². The first-order valence-corrected chi connectivity index (χ1v) is 4.89. The van der Waals surface area contributed by atoms with E-state index in [0.717, 1.165) is 18.8 Å². The molecule has 3 nitrogen and oxygen atoms in total. The lowest BCUT2D eigenvalue weighted by Gasteiger charge is -2.37. The van der Waals surface area contributed by atoms with Gasteiger partial charge in [0.05, 0.1) is 13.2 Å². The molecule has 0 unspecified atom stereocenters. The van der Waals surface area contributed by atoms with E-state index in [0.29, 0.717) is 6.04 Å². The number of hydrogen-bond acceptors (Lipinski definition) is 3. The summed E-state index contributed by atoms with van der Waals surface area (Å²) in [6, 6.07) is 8.80. The van der Waals surface area contributed by atoms with Gasteiger partial charge in [-0.15, -0.1) is 0 Å². The minimum absolute atomic E-state index is 0.627. The first-order chi connectivity index (χ1) is 6.81. The van der Waals surface area contributed by atoms with E-state index < -0.39 is 0 Å². The monoisotopic (exact) mass is 192 g/mol. The maximum absolute atomic E-state index is 5.19. The highest BCUT2D eigenvalue weighted by Gasteiger charge is 2.21. The molecule has 1 aromatic rings. The molecule has 0 bridgehead atoms. The zero-order valence-corrected chi connectivity index (χ0v) is 8.66. The van der Waals surface area contributed by atoms with Crippen LogP contribution in [0.1, 0.15) is 0 Å². The van der Waals surface area contributed by atoms with Gasteiger partial charge in [0.25, 0.3) is 0 Å². The van der Waals surface area contributed by atoms with E-state index in [1.165, 1.54) is 5.69 Å². The summed E-state index contributed by atoms with van der Waals surface area (Å²) in [6.45, 7) is 2.15. The van der Waals surface area contributed by atoms with E-state index in [-0.39, 0.29) is 0 Å². The van der Waals surface area contributed by atoms with E-state index in [2.05, 4.69) is 29.4 Å². The lowest BCUT2D eigenvalue weighted by Crippen LogP contribution is -2.56. The SMILES string of the molecule is COc1cccc(N(C)C2CNC2)c1. The van der Waals surface area contributed by atoms with Gasteiger partial charge in [-0.05, 0) is 12.1 Å². The van der Waals surface area contributed by atoms with Gasteiger partial charge < -0.3 is 15.0 Å². The van der Waals surface area contributed by atoms with Crippen LogP contribution in [0.4, 0.5) is 5.69 Å².